The fourth-order valence-corrected chi connectivity index (χ4v) is 2.43. The quantitative estimate of drug-likeness (QED) is 0.713. The molecule has 0 unspecified atom stereocenters. The Hall–Kier alpha value is -2.54. The van der Waals surface area contributed by atoms with Gasteiger partial charge in [-0.15, -0.1) is 0 Å². The maximum absolute atomic E-state index is 10.5. The minimum Gasteiger partial charge on any atom is -0.497 e. The number of rotatable bonds is 7. The van der Waals surface area contributed by atoms with Crippen LogP contribution in [0.25, 0.3) is 0 Å². The summed E-state index contributed by atoms with van der Waals surface area (Å²) in [6, 6.07) is 5.30. The first kappa shape index (κ1) is 17.8. The number of benzene rings is 1. The zero-order chi connectivity index (χ0) is 17.7. The predicted octanol–water partition coefficient (Wildman–Crippen LogP) is 2.09. The highest BCUT2D eigenvalue weighted by Gasteiger charge is 2.13. The van der Waals surface area contributed by atoms with Crippen molar-refractivity contribution in [3.63, 3.8) is 0 Å². The number of nitrogens with one attached hydrogen (secondary N) is 1. The monoisotopic (exact) mass is 332 g/mol. The van der Waals surface area contributed by atoms with Crippen LogP contribution in [0.3, 0.4) is 0 Å². The zero-order valence-corrected chi connectivity index (χ0v) is 14.5. The molecule has 0 bridgehead atoms. The zero-order valence-electron chi connectivity index (χ0n) is 14.5. The fourth-order valence-electron chi connectivity index (χ4n) is 2.43. The number of ether oxygens (including phenoxy) is 2. The minimum atomic E-state index is -0.755. The largest absolute Gasteiger partial charge is 0.497 e. The van der Waals surface area contributed by atoms with Crippen LogP contribution in [0.15, 0.2) is 18.2 Å². The van der Waals surface area contributed by atoms with Gasteiger partial charge in [-0.2, -0.15) is 4.98 Å². The highest BCUT2D eigenvalue weighted by molar-refractivity contribution is 5.49. The second kappa shape index (κ2) is 7.83. The summed E-state index contributed by atoms with van der Waals surface area (Å²) in [6.07, 6.45) is 0.0118. The first-order valence-corrected chi connectivity index (χ1v) is 7.76. The van der Waals surface area contributed by atoms with E-state index in [1.54, 1.807) is 32.4 Å². The smallest absolute Gasteiger partial charge is 0.222 e. The lowest BCUT2D eigenvalue weighted by atomic mass is 10.1. The molecule has 0 amide bonds. The molecular weight excluding hydrogens is 308 g/mol. The average molecular weight is 332 g/mol. The van der Waals surface area contributed by atoms with Crippen molar-refractivity contribution in [2.75, 3.05) is 31.8 Å². The highest BCUT2D eigenvalue weighted by atomic mass is 16.5. The number of hydrogen-bond donors (Lipinski definition) is 3. The van der Waals surface area contributed by atoms with E-state index in [4.69, 9.17) is 15.2 Å². The van der Waals surface area contributed by atoms with Gasteiger partial charge < -0.3 is 25.6 Å². The summed E-state index contributed by atoms with van der Waals surface area (Å²) in [5.41, 5.74) is 8.25. The Bertz CT molecular complexity index is 684. The van der Waals surface area contributed by atoms with Crippen molar-refractivity contribution in [1.29, 1.82) is 0 Å². The Labute approximate surface area is 141 Å². The van der Waals surface area contributed by atoms with Crippen molar-refractivity contribution >= 4 is 11.8 Å². The molecule has 1 atom stereocenters. The van der Waals surface area contributed by atoms with E-state index in [0.717, 1.165) is 17.7 Å². The van der Waals surface area contributed by atoms with Crippen LogP contribution in [0.5, 0.6) is 11.5 Å². The minimum absolute atomic E-state index is 0.220. The van der Waals surface area contributed by atoms with Gasteiger partial charge in [0, 0.05) is 18.2 Å². The van der Waals surface area contributed by atoms with Gasteiger partial charge >= 0.3 is 0 Å². The Kier molecular flexibility index (Phi) is 5.81. The van der Waals surface area contributed by atoms with Crippen LogP contribution in [0.1, 0.15) is 29.8 Å². The number of aryl methyl sites for hydroxylation is 1. The van der Waals surface area contributed by atoms with E-state index in [1.165, 1.54) is 0 Å². The van der Waals surface area contributed by atoms with Gasteiger partial charge in [0.05, 0.1) is 26.0 Å². The van der Waals surface area contributed by atoms with Gasteiger partial charge in [0.2, 0.25) is 5.95 Å². The summed E-state index contributed by atoms with van der Waals surface area (Å²) in [6.45, 7) is 4.22. The third-order valence-corrected chi connectivity index (χ3v) is 3.82. The van der Waals surface area contributed by atoms with E-state index < -0.39 is 6.10 Å². The van der Waals surface area contributed by atoms with Gasteiger partial charge in [-0.25, -0.2) is 4.98 Å². The topological polar surface area (TPSA) is 103 Å². The van der Waals surface area contributed by atoms with Gasteiger partial charge in [-0.1, -0.05) is 6.92 Å². The van der Waals surface area contributed by atoms with Crippen molar-refractivity contribution in [3.05, 3.63) is 35.0 Å². The molecule has 1 heterocycles. The average Bonchev–Trinajstić information content (AvgIpc) is 2.61. The molecule has 130 valence electrons. The molecule has 0 spiro atoms. The van der Waals surface area contributed by atoms with Crippen LogP contribution >= 0.6 is 0 Å². The number of methoxy groups -OCH3 is 2. The summed E-state index contributed by atoms with van der Waals surface area (Å²) in [4.78, 5) is 8.42. The van der Waals surface area contributed by atoms with Crippen LogP contribution in [0.4, 0.5) is 11.8 Å². The molecule has 0 fully saturated rings. The predicted molar refractivity (Wildman–Crippen MR) is 93.6 cm³/mol. The van der Waals surface area contributed by atoms with Crippen LogP contribution in [0.2, 0.25) is 0 Å². The lowest BCUT2D eigenvalue weighted by Crippen LogP contribution is -2.16. The molecule has 0 aliphatic heterocycles. The molecule has 1 aromatic carbocycles. The summed E-state index contributed by atoms with van der Waals surface area (Å²) in [7, 11) is 3.14. The molecule has 2 rings (SSSR count). The van der Waals surface area contributed by atoms with Gasteiger partial charge in [0.15, 0.2) is 0 Å². The SMILES string of the molecule is CCc1nc(N)nc(NC[C@H](O)c2cc(OC)cc(OC)c2)c1C. The number of aliphatic hydroxyl groups excluding tert-OH is 1. The van der Waals surface area contributed by atoms with E-state index in [1.807, 2.05) is 13.8 Å². The first-order valence-electron chi connectivity index (χ1n) is 7.76. The molecule has 0 saturated heterocycles. The first-order chi connectivity index (χ1) is 11.5. The maximum Gasteiger partial charge on any atom is 0.222 e. The summed E-state index contributed by atoms with van der Waals surface area (Å²) in [5, 5.41) is 13.6. The van der Waals surface area contributed by atoms with E-state index in [2.05, 4.69) is 15.3 Å². The van der Waals surface area contributed by atoms with Crippen LogP contribution in [0, 0.1) is 6.92 Å². The Balaban J connectivity index is 2.16. The normalized spacial score (nSPS) is 11.9. The Morgan fingerprint density at radius 3 is 2.33 bits per heavy atom. The fraction of sp³-hybridized carbons (Fsp3) is 0.412. The van der Waals surface area contributed by atoms with E-state index in [9.17, 15) is 5.11 Å². The lowest BCUT2D eigenvalue weighted by Gasteiger charge is -2.17. The highest BCUT2D eigenvalue weighted by Crippen LogP contribution is 2.27. The number of nitrogens with zero attached hydrogens (tertiary/aromatic N) is 2. The Morgan fingerprint density at radius 2 is 1.79 bits per heavy atom. The van der Waals surface area contributed by atoms with Crippen LogP contribution in [-0.2, 0) is 6.42 Å². The molecule has 0 radical (unpaired) electrons. The van der Waals surface area contributed by atoms with Crippen LogP contribution < -0.4 is 20.5 Å². The molecule has 1 aromatic heterocycles. The summed E-state index contributed by atoms with van der Waals surface area (Å²) < 4.78 is 10.5. The summed E-state index contributed by atoms with van der Waals surface area (Å²) >= 11 is 0. The van der Waals surface area contributed by atoms with Crippen molar-refractivity contribution in [1.82, 2.24) is 9.97 Å². The number of aromatic nitrogens is 2. The third kappa shape index (κ3) is 4.05. The third-order valence-electron chi connectivity index (χ3n) is 3.82. The number of nitrogen functional groups attached to an aromatic ring is 1. The van der Waals surface area contributed by atoms with E-state index >= 15 is 0 Å². The van der Waals surface area contributed by atoms with Crippen LogP contribution in [-0.4, -0.2) is 35.8 Å². The standard InChI is InChI=1S/C17H24N4O3/c1-5-14-10(2)16(21-17(18)20-14)19-9-15(22)11-6-12(23-3)8-13(7-11)24-4/h6-8,15,22H,5,9H2,1-4H3,(H3,18,19,20,21)/t15-/m0/s1. The maximum atomic E-state index is 10.5. The number of anilines is 2. The molecule has 2 aromatic rings. The number of hydrogen-bond acceptors (Lipinski definition) is 7. The van der Waals surface area contributed by atoms with Gasteiger partial charge in [0.25, 0.3) is 0 Å². The molecule has 0 saturated carbocycles. The number of aliphatic hydroxyl groups is 1. The molecular formula is C17H24N4O3. The molecule has 7 heteroatoms. The molecule has 24 heavy (non-hydrogen) atoms. The van der Waals surface area contributed by atoms with Crippen molar-refractivity contribution in [2.24, 2.45) is 0 Å². The lowest BCUT2D eigenvalue weighted by molar-refractivity contribution is 0.190. The second-order valence-electron chi connectivity index (χ2n) is 5.40. The van der Waals surface area contributed by atoms with Gasteiger partial charge in [0.1, 0.15) is 17.3 Å². The molecule has 4 N–H and O–H groups in total. The number of nitrogens with two attached hydrogens (primary N) is 1. The van der Waals surface area contributed by atoms with Crippen molar-refractivity contribution in [2.45, 2.75) is 26.4 Å². The van der Waals surface area contributed by atoms with E-state index in [0.29, 0.717) is 22.9 Å². The molecule has 0 aliphatic carbocycles. The molecule has 7 nitrogen and oxygen atoms in total. The van der Waals surface area contributed by atoms with Crippen molar-refractivity contribution in [3.8, 4) is 11.5 Å². The summed E-state index contributed by atoms with van der Waals surface area (Å²) in [5.74, 6) is 2.10. The molecule has 0 aliphatic rings. The van der Waals surface area contributed by atoms with Gasteiger partial charge in [-0.3, -0.25) is 0 Å². The van der Waals surface area contributed by atoms with E-state index in [-0.39, 0.29) is 12.5 Å². The van der Waals surface area contributed by atoms with Gasteiger partial charge in [-0.05, 0) is 31.0 Å². The second-order valence-corrected chi connectivity index (χ2v) is 5.40. The Morgan fingerprint density at radius 1 is 1.17 bits per heavy atom. The van der Waals surface area contributed by atoms with Crippen molar-refractivity contribution < 1.29 is 14.6 Å².